The molecule has 3 aromatic rings. The van der Waals surface area contributed by atoms with Crippen molar-refractivity contribution in [3.05, 3.63) is 60.2 Å². The zero-order chi connectivity index (χ0) is 17.5. The third-order valence-corrected chi connectivity index (χ3v) is 3.45. The Kier molecular flexibility index (Phi) is 5.32. The second kappa shape index (κ2) is 8.02. The molecule has 1 amide bonds. The average Bonchev–Trinajstić information content (AvgIpc) is 3.14. The molecule has 0 unspecified atom stereocenters. The van der Waals surface area contributed by atoms with Gasteiger partial charge in [-0.3, -0.25) is 14.9 Å². The molecule has 2 heterocycles. The minimum absolute atomic E-state index is 0.0883. The van der Waals surface area contributed by atoms with Crippen molar-refractivity contribution < 1.29 is 9.90 Å². The van der Waals surface area contributed by atoms with Crippen LogP contribution in [0.25, 0.3) is 11.4 Å². The smallest absolute Gasteiger partial charge is 0.251 e. The van der Waals surface area contributed by atoms with Gasteiger partial charge in [-0.2, -0.15) is 5.10 Å². The number of benzene rings is 1. The van der Waals surface area contributed by atoms with Crippen LogP contribution in [0.1, 0.15) is 16.2 Å². The van der Waals surface area contributed by atoms with Gasteiger partial charge in [0.05, 0.1) is 13.2 Å². The first-order valence-corrected chi connectivity index (χ1v) is 7.81. The van der Waals surface area contributed by atoms with Crippen molar-refractivity contribution >= 4 is 11.6 Å². The summed E-state index contributed by atoms with van der Waals surface area (Å²) >= 11 is 0. The maximum atomic E-state index is 11.9. The van der Waals surface area contributed by atoms with Crippen molar-refractivity contribution in [3.8, 4) is 11.4 Å². The molecule has 0 saturated carbocycles. The average molecular weight is 338 g/mol. The fraction of sp³-hybridized carbons (Fsp3) is 0.176. The Balaban J connectivity index is 1.62. The second-order valence-electron chi connectivity index (χ2n) is 5.26. The molecule has 0 atom stereocenters. The summed E-state index contributed by atoms with van der Waals surface area (Å²) < 4.78 is 0. The maximum absolute atomic E-state index is 11.9. The first kappa shape index (κ1) is 16.6. The first-order valence-electron chi connectivity index (χ1n) is 7.81. The van der Waals surface area contributed by atoms with Gasteiger partial charge in [0, 0.05) is 35.8 Å². The Morgan fingerprint density at radius 2 is 2.04 bits per heavy atom. The van der Waals surface area contributed by atoms with Crippen molar-refractivity contribution in [2.75, 3.05) is 18.5 Å². The fourth-order valence-corrected chi connectivity index (χ4v) is 2.23. The van der Waals surface area contributed by atoms with E-state index in [1.165, 1.54) is 0 Å². The third-order valence-electron chi connectivity index (χ3n) is 3.45. The summed E-state index contributed by atoms with van der Waals surface area (Å²) in [6.07, 6.45) is 3.38. The van der Waals surface area contributed by atoms with Gasteiger partial charge in [0.1, 0.15) is 5.82 Å². The number of carbonyl (C=O) groups excluding carboxylic acids is 1. The second-order valence-corrected chi connectivity index (χ2v) is 5.26. The van der Waals surface area contributed by atoms with Crippen LogP contribution in [0.2, 0.25) is 0 Å². The molecule has 1 aromatic carbocycles. The summed E-state index contributed by atoms with van der Waals surface area (Å²) in [5, 5.41) is 21.7. The molecular weight excluding hydrogens is 320 g/mol. The minimum atomic E-state index is -0.225. The van der Waals surface area contributed by atoms with Crippen molar-refractivity contribution in [2.45, 2.75) is 6.54 Å². The SMILES string of the molecule is O=C(NCCO)c1cccc(NCc2nc(-c3ccncc3)n[nH]2)c1. The Hall–Kier alpha value is -3.26. The first-order chi connectivity index (χ1) is 12.3. The topological polar surface area (TPSA) is 116 Å². The van der Waals surface area contributed by atoms with Crippen molar-refractivity contribution in [2.24, 2.45) is 0 Å². The molecule has 0 radical (unpaired) electrons. The van der Waals surface area contributed by atoms with Gasteiger partial charge in [-0.05, 0) is 30.3 Å². The van der Waals surface area contributed by atoms with E-state index >= 15 is 0 Å². The maximum Gasteiger partial charge on any atom is 0.251 e. The van der Waals surface area contributed by atoms with Crippen molar-refractivity contribution in [3.63, 3.8) is 0 Å². The number of hydrogen-bond acceptors (Lipinski definition) is 6. The van der Waals surface area contributed by atoms with Crippen LogP contribution in [-0.4, -0.2) is 44.3 Å². The quantitative estimate of drug-likeness (QED) is 0.514. The fourth-order valence-electron chi connectivity index (χ4n) is 2.23. The summed E-state index contributed by atoms with van der Waals surface area (Å²) in [5.74, 6) is 1.07. The number of carbonyl (C=O) groups is 1. The van der Waals surface area contributed by atoms with E-state index in [1.807, 2.05) is 18.2 Å². The molecule has 0 saturated heterocycles. The zero-order valence-corrected chi connectivity index (χ0v) is 13.4. The number of aromatic nitrogens is 4. The molecule has 0 fully saturated rings. The Bertz CT molecular complexity index is 834. The van der Waals surface area contributed by atoms with Gasteiger partial charge in [-0.1, -0.05) is 6.07 Å². The number of nitrogens with zero attached hydrogens (tertiary/aromatic N) is 3. The van der Waals surface area contributed by atoms with Crippen LogP contribution < -0.4 is 10.6 Å². The molecule has 8 nitrogen and oxygen atoms in total. The highest BCUT2D eigenvalue weighted by atomic mass is 16.3. The number of aromatic amines is 1. The van der Waals surface area contributed by atoms with Gasteiger partial charge in [0.15, 0.2) is 5.82 Å². The molecule has 2 aromatic heterocycles. The molecular formula is C17H18N6O2. The van der Waals surface area contributed by atoms with Gasteiger partial charge >= 0.3 is 0 Å². The van der Waals surface area contributed by atoms with Crippen LogP contribution in [0.4, 0.5) is 5.69 Å². The number of nitrogens with one attached hydrogen (secondary N) is 3. The number of aliphatic hydroxyl groups is 1. The third kappa shape index (κ3) is 4.39. The molecule has 0 spiro atoms. The highest BCUT2D eigenvalue weighted by Gasteiger charge is 2.07. The lowest BCUT2D eigenvalue weighted by Crippen LogP contribution is -2.26. The van der Waals surface area contributed by atoms with Crippen LogP contribution in [0.3, 0.4) is 0 Å². The van der Waals surface area contributed by atoms with Gasteiger partial charge in [0.25, 0.3) is 5.91 Å². The molecule has 25 heavy (non-hydrogen) atoms. The van der Waals surface area contributed by atoms with E-state index in [0.717, 1.165) is 11.3 Å². The molecule has 0 aliphatic rings. The van der Waals surface area contributed by atoms with E-state index < -0.39 is 0 Å². The highest BCUT2D eigenvalue weighted by molar-refractivity contribution is 5.95. The monoisotopic (exact) mass is 338 g/mol. The summed E-state index contributed by atoms with van der Waals surface area (Å²) in [7, 11) is 0. The van der Waals surface area contributed by atoms with E-state index in [-0.39, 0.29) is 19.1 Å². The predicted octanol–water partition coefficient (Wildman–Crippen LogP) is 1.20. The molecule has 4 N–H and O–H groups in total. The van der Waals surface area contributed by atoms with E-state index in [2.05, 4.69) is 30.8 Å². The number of amides is 1. The normalized spacial score (nSPS) is 10.4. The highest BCUT2D eigenvalue weighted by Crippen LogP contribution is 2.14. The number of pyridine rings is 1. The van der Waals surface area contributed by atoms with Gasteiger partial charge in [-0.25, -0.2) is 4.98 Å². The van der Waals surface area contributed by atoms with Crippen LogP contribution in [-0.2, 0) is 6.54 Å². The van der Waals surface area contributed by atoms with Crippen molar-refractivity contribution in [1.29, 1.82) is 0 Å². The van der Waals surface area contributed by atoms with Crippen LogP contribution in [0.15, 0.2) is 48.8 Å². The summed E-state index contributed by atoms with van der Waals surface area (Å²) in [6, 6.07) is 10.8. The van der Waals surface area contributed by atoms with Crippen molar-refractivity contribution in [1.82, 2.24) is 25.5 Å². The lowest BCUT2D eigenvalue weighted by molar-refractivity contribution is 0.0945. The zero-order valence-electron chi connectivity index (χ0n) is 13.4. The lowest BCUT2D eigenvalue weighted by Gasteiger charge is -2.07. The standard InChI is InChI=1S/C17H18N6O2/c24-9-8-19-17(25)13-2-1-3-14(10-13)20-11-15-21-16(23-22-15)12-4-6-18-7-5-12/h1-7,10,20,24H,8-9,11H2,(H,19,25)(H,21,22,23). The van der Waals surface area contributed by atoms with E-state index in [9.17, 15) is 4.79 Å². The molecule has 0 aliphatic heterocycles. The Morgan fingerprint density at radius 1 is 1.20 bits per heavy atom. The number of aliphatic hydroxyl groups excluding tert-OH is 1. The van der Waals surface area contributed by atoms with E-state index in [1.54, 1.807) is 30.6 Å². The Morgan fingerprint density at radius 3 is 2.84 bits per heavy atom. The molecule has 3 rings (SSSR count). The summed E-state index contributed by atoms with van der Waals surface area (Å²) in [5.41, 5.74) is 2.20. The number of rotatable bonds is 7. The van der Waals surface area contributed by atoms with Gasteiger partial charge < -0.3 is 15.7 Å². The van der Waals surface area contributed by atoms with E-state index in [0.29, 0.717) is 23.8 Å². The van der Waals surface area contributed by atoms with Crippen LogP contribution >= 0.6 is 0 Å². The molecule has 128 valence electrons. The van der Waals surface area contributed by atoms with Crippen LogP contribution in [0, 0.1) is 0 Å². The number of hydrogen-bond donors (Lipinski definition) is 4. The minimum Gasteiger partial charge on any atom is -0.395 e. The number of H-pyrrole nitrogens is 1. The predicted molar refractivity (Wildman–Crippen MR) is 92.8 cm³/mol. The largest absolute Gasteiger partial charge is 0.395 e. The number of anilines is 1. The van der Waals surface area contributed by atoms with Gasteiger partial charge in [0.2, 0.25) is 0 Å². The molecule has 0 bridgehead atoms. The summed E-state index contributed by atoms with van der Waals surface area (Å²) in [4.78, 5) is 20.3. The Labute approximate surface area is 144 Å². The lowest BCUT2D eigenvalue weighted by atomic mass is 10.2. The summed E-state index contributed by atoms with van der Waals surface area (Å²) in [6.45, 7) is 0.584. The van der Waals surface area contributed by atoms with E-state index in [4.69, 9.17) is 5.11 Å². The van der Waals surface area contributed by atoms with Gasteiger partial charge in [-0.15, -0.1) is 0 Å². The van der Waals surface area contributed by atoms with Crippen LogP contribution in [0.5, 0.6) is 0 Å². The molecule has 8 heteroatoms. The molecule has 0 aliphatic carbocycles.